The molecule has 0 fully saturated rings. The monoisotopic (exact) mass is 979 g/mol. The minimum absolute atomic E-state index is 0.0191. The number of carbonyl (C=O) groups excluding carboxylic acids is 3. The molecule has 0 spiro atoms. The Balaban J connectivity index is 1.30. The van der Waals surface area contributed by atoms with Crippen molar-refractivity contribution in [3.63, 3.8) is 0 Å². The summed E-state index contributed by atoms with van der Waals surface area (Å²) >= 11 is 11.9. The second-order valence-electron chi connectivity index (χ2n) is 15.1. The van der Waals surface area contributed by atoms with Crippen LogP contribution in [0.1, 0.15) is 52.9 Å². The Morgan fingerprint density at radius 3 is 1.53 bits per heavy atom. The SMILES string of the molecule is C=CCO/N=C(\CCC)C1=C(O)C(C(=O)OCCOCCOCCOCCOCCOCCOCCOCCOCCOCCOC(=O)CCCOc2cc(Cl)cc(Cl)c2)C(C)(C)CC1=O. The molecule has 0 heterocycles. The van der Waals surface area contributed by atoms with Gasteiger partial charge in [-0.15, -0.1) is 0 Å². The van der Waals surface area contributed by atoms with E-state index in [1.165, 1.54) is 6.08 Å². The van der Waals surface area contributed by atoms with Crippen LogP contribution in [0, 0.1) is 11.3 Å². The first kappa shape index (κ1) is 58.7. The number of Topliss-reactive ketones (excluding diaryl/α,β-unsaturated/α-hetero) is 1. The molecule has 0 aromatic heterocycles. The molecule has 0 radical (unpaired) electrons. The van der Waals surface area contributed by atoms with E-state index in [4.69, 9.17) is 84.9 Å². The molecule has 66 heavy (non-hydrogen) atoms. The van der Waals surface area contributed by atoms with Gasteiger partial charge in [-0.05, 0) is 36.5 Å². The van der Waals surface area contributed by atoms with Gasteiger partial charge in [0.15, 0.2) is 5.78 Å². The molecular formula is C46H71Cl2NO17. The van der Waals surface area contributed by atoms with E-state index in [0.29, 0.717) is 153 Å². The fourth-order valence-corrected chi connectivity index (χ4v) is 6.58. The van der Waals surface area contributed by atoms with E-state index < -0.39 is 17.3 Å². The molecule has 1 N–H and O–H groups in total. The van der Waals surface area contributed by atoms with Gasteiger partial charge >= 0.3 is 11.9 Å². The largest absolute Gasteiger partial charge is 0.511 e. The van der Waals surface area contributed by atoms with Crippen molar-refractivity contribution in [2.75, 3.05) is 145 Å². The van der Waals surface area contributed by atoms with E-state index >= 15 is 0 Å². The zero-order valence-corrected chi connectivity index (χ0v) is 40.4. The molecule has 1 aromatic carbocycles. The van der Waals surface area contributed by atoms with Crippen LogP contribution < -0.4 is 4.74 Å². The Kier molecular flexibility index (Phi) is 33.4. The second kappa shape index (κ2) is 37.6. The fraction of sp³-hybridized carbons (Fsp3) is 0.696. The molecule has 2 rings (SSSR count). The number of hydrogen-bond donors (Lipinski definition) is 1. The Morgan fingerprint density at radius 1 is 0.682 bits per heavy atom. The van der Waals surface area contributed by atoms with Gasteiger partial charge in [-0.25, -0.2) is 0 Å². The van der Waals surface area contributed by atoms with Gasteiger partial charge in [-0.2, -0.15) is 0 Å². The fourth-order valence-electron chi connectivity index (χ4n) is 6.07. The number of aliphatic hydroxyl groups excluding tert-OH is 1. The van der Waals surface area contributed by atoms with Crippen LogP contribution in [0.2, 0.25) is 10.0 Å². The molecular weight excluding hydrogens is 909 g/mol. The number of hydrogen-bond acceptors (Lipinski definition) is 18. The van der Waals surface area contributed by atoms with Crippen LogP contribution in [-0.2, 0) is 71.3 Å². The summed E-state index contributed by atoms with van der Waals surface area (Å²) in [5.41, 5.74) is -0.537. The minimum atomic E-state index is -1.04. The van der Waals surface area contributed by atoms with Crippen molar-refractivity contribution in [2.45, 2.75) is 52.9 Å². The van der Waals surface area contributed by atoms with E-state index in [1.54, 1.807) is 32.0 Å². The predicted molar refractivity (Wildman–Crippen MR) is 246 cm³/mol. The van der Waals surface area contributed by atoms with Crippen LogP contribution >= 0.6 is 23.2 Å². The predicted octanol–water partition coefficient (Wildman–Crippen LogP) is 6.17. The normalized spacial score (nSPS) is 15.0. The van der Waals surface area contributed by atoms with Crippen LogP contribution in [0.25, 0.3) is 0 Å². The number of benzene rings is 1. The highest BCUT2D eigenvalue weighted by atomic mass is 35.5. The standard InChI is InChI=1S/C46H71Cl2NO17/c1-5-8-39(49-66-10-6-2)42-40(50)35-46(3,4)43(44(42)52)45(53)65-31-29-62-27-25-60-23-21-58-19-17-56-15-13-54-12-14-55-16-18-57-20-22-59-24-26-61-28-30-64-41(51)9-7-11-63-38-33-36(47)32-37(48)34-38/h6,32-34,43,52H,2,5,7-31,35H2,1,3-4H3/b49-39+. The van der Waals surface area contributed by atoms with Gasteiger partial charge in [-0.3, -0.25) is 14.4 Å². The maximum Gasteiger partial charge on any atom is 0.317 e. The summed E-state index contributed by atoms with van der Waals surface area (Å²) in [5, 5.41) is 16.1. The molecule has 0 saturated heterocycles. The first-order valence-corrected chi connectivity index (χ1v) is 23.1. The Morgan fingerprint density at radius 2 is 1.11 bits per heavy atom. The molecule has 1 unspecified atom stereocenters. The quantitative estimate of drug-likeness (QED) is 0.0256. The summed E-state index contributed by atoms with van der Waals surface area (Å²) in [6.45, 7) is 16.6. The number of carbonyl (C=O) groups is 3. The molecule has 0 amide bonds. The Labute approximate surface area is 399 Å². The number of esters is 2. The second-order valence-corrected chi connectivity index (χ2v) is 16.0. The average Bonchev–Trinajstić information content (AvgIpc) is 3.26. The lowest BCUT2D eigenvalue weighted by atomic mass is 9.67. The minimum Gasteiger partial charge on any atom is -0.511 e. The summed E-state index contributed by atoms with van der Waals surface area (Å²) < 4.78 is 65.5. The van der Waals surface area contributed by atoms with Gasteiger partial charge < -0.3 is 66.8 Å². The number of halogens is 2. The maximum absolute atomic E-state index is 13.1. The van der Waals surface area contributed by atoms with Crippen LogP contribution in [0.5, 0.6) is 5.75 Å². The highest BCUT2D eigenvalue weighted by Crippen LogP contribution is 2.42. The number of ether oxygens (including phenoxy) is 12. The highest BCUT2D eigenvalue weighted by molar-refractivity contribution is 6.34. The van der Waals surface area contributed by atoms with Gasteiger partial charge in [0.1, 0.15) is 37.2 Å². The maximum atomic E-state index is 13.1. The molecule has 376 valence electrons. The van der Waals surface area contributed by atoms with Crippen LogP contribution in [-0.4, -0.2) is 174 Å². The first-order chi connectivity index (χ1) is 32.0. The van der Waals surface area contributed by atoms with Crippen molar-refractivity contribution < 1.29 is 81.2 Å². The lowest BCUT2D eigenvalue weighted by Crippen LogP contribution is -2.42. The average molecular weight is 981 g/mol. The van der Waals surface area contributed by atoms with Gasteiger partial charge in [0, 0.05) is 22.9 Å². The third kappa shape index (κ3) is 27.4. The molecule has 1 aromatic rings. The summed E-state index contributed by atoms with van der Waals surface area (Å²) in [6.07, 6.45) is 3.35. The Hall–Kier alpha value is -3.40. The summed E-state index contributed by atoms with van der Waals surface area (Å²) in [5.74, 6) is -2.09. The number of ketones is 1. The molecule has 1 aliphatic carbocycles. The zero-order valence-electron chi connectivity index (χ0n) is 38.9. The first-order valence-electron chi connectivity index (χ1n) is 22.4. The summed E-state index contributed by atoms with van der Waals surface area (Å²) in [4.78, 5) is 43.1. The van der Waals surface area contributed by atoms with E-state index in [9.17, 15) is 19.5 Å². The van der Waals surface area contributed by atoms with Crippen LogP contribution in [0.4, 0.5) is 0 Å². The van der Waals surface area contributed by atoms with E-state index in [1.807, 2.05) is 6.92 Å². The van der Waals surface area contributed by atoms with Gasteiger partial charge in [0.05, 0.1) is 137 Å². The van der Waals surface area contributed by atoms with Gasteiger partial charge in [-0.1, -0.05) is 68.2 Å². The molecule has 0 aliphatic heterocycles. The van der Waals surface area contributed by atoms with Gasteiger partial charge in [0.2, 0.25) is 0 Å². The third-order valence-electron chi connectivity index (χ3n) is 9.15. The lowest BCUT2D eigenvalue weighted by Gasteiger charge is -2.36. The molecule has 0 bridgehead atoms. The highest BCUT2D eigenvalue weighted by Gasteiger charge is 2.48. The number of oxime groups is 1. The van der Waals surface area contributed by atoms with Gasteiger partial charge in [0.25, 0.3) is 0 Å². The van der Waals surface area contributed by atoms with Crippen LogP contribution in [0.3, 0.4) is 0 Å². The number of aliphatic hydroxyl groups is 1. The summed E-state index contributed by atoms with van der Waals surface area (Å²) in [7, 11) is 0. The lowest BCUT2D eigenvalue weighted by molar-refractivity contribution is -0.155. The van der Waals surface area contributed by atoms with E-state index in [-0.39, 0.29) is 69.0 Å². The summed E-state index contributed by atoms with van der Waals surface area (Å²) in [6, 6.07) is 4.93. The van der Waals surface area contributed by atoms with Crippen molar-refractivity contribution in [3.8, 4) is 5.75 Å². The zero-order chi connectivity index (χ0) is 48.1. The van der Waals surface area contributed by atoms with E-state index in [0.717, 1.165) is 0 Å². The van der Waals surface area contributed by atoms with Crippen molar-refractivity contribution >= 4 is 46.6 Å². The van der Waals surface area contributed by atoms with Crippen LogP contribution in [0.15, 0.2) is 47.3 Å². The molecule has 1 aliphatic rings. The number of allylic oxidation sites excluding steroid dienone is 1. The molecule has 18 nitrogen and oxygen atoms in total. The smallest absolute Gasteiger partial charge is 0.317 e. The molecule has 0 saturated carbocycles. The third-order valence-corrected chi connectivity index (χ3v) is 9.59. The molecule has 20 heteroatoms. The Bertz CT molecular complexity index is 1560. The number of nitrogens with zero attached hydrogens (tertiary/aromatic N) is 1. The topological polar surface area (TPSA) is 204 Å². The van der Waals surface area contributed by atoms with E-state index in [2.05, 4.69) is 11.7 Å². The van der Waals surface area contributed by atoms with Crippen molar-refractivity contribution in [1.29, 1.82) is 0 Å². The molecule has 1 atom stereocenters. The van der Waals surface area contributed by atoms with Crippen molar-refractivity contribution in [1.82, 2.24) is 0 Å². The van der Waals surface area contributed by atoms with Crippen molar-refractivity contribution in [2.24, 2.45) is 16.5 Å². The number of rotatable bonds is 42. The van der Waals surface area contributed by atoms with Crippen molar-refractivity contribution in [3.05, 3.63) is 52.2 Å².